The first-order valence-electron chi connectivity index (χ1n) is 11.4. The molecule has 0 saturated carbocycles. The van der Waals surface area contributed by atoms with Gasteiger partial charge in [-0.15, -0.1) is 0 Å². The number of nitriles is 1. The fraction of sp³-hybridized carbons (Fsp3) is 0.296. The number of hydrogen-bond acceptors (Lipinski definition) is 5. The quantitative estimate of drug-likeness (QED) is 0.233. The summed E-state index contributed by atoms with van der Waals surface area (Å²) in [6.45, 7) is 6.47. The van der Waals surface area contributed by atoms with Crippen molar-refractivity contribution in [2.75, 3.05) is 17.7 Å². The molecule has 194 valence electrons. The van der Waals surface area contributed by atoms with Gasteiger partial charge in [-0.05, 0) is 73.4 Å². The third-order valence-electron chi connectivity index (χ3n) is 5.29. The summed E-state index contributed by atoms with van der Waals surface area (Å²) in [6, 6.07) is 12.4. The number of amides is 1. The Morgan fingerprint density at radius 2 is 1.86 bits per heavy atom. The molecule has 5 nitrogen and oxygen atoms in total. The molecule has 0 spiro atoms. The molecule has 3 aromatic rings. The summed E-state index contributed by atoms with van der Waals surface area (Å²) in [6.07, 6.45) is -3.94. The Kier molecular flexibility index (Phi) is 9.16. The average Bonchev–Trinajstić information content (AvgIpc) is 2.83. The molecular weight excluding hydrogens is 506 g/mol. The van der Waals surface area contributed by atoms with Crippen molar-refractivity contribution in [3.8, 4) is 23.1 Å². The number of nitrogens with one attached hydrogen (secondary N) is 1. The normalized spacial score (nSPS) is 11.3. The Labute approximate surface area is 216 Å². The largest absolute Gasteiger partial charge is 0.493 e. The van der Waals surface area contributed by atoms with Gasteiger partial charge in [0.2, 0.25) is 5.91 Å². The molecule has 0 bridgehead atoms. The number of anilines is 1. The van der Waals surface area contributed by atoms with Crippen LogP contribution >= 0.6 is 11.8 Å². The van der Waals surface area contributed by atoms with Gasteiger partial charge < -0.3 is 10.1 Å². The van der Waals surface area contributed by atoms with Gasteiger partial charge in [-0.1, -0.05) is 25.6 Å². The van der Waals surface area contributed by atoms with Crippen molar-refractivity contribution in [3.63, 3.8) is 0 Å². The Morgan fingerprint density at radius 1 is 1.16 bits per heavy atom. The third kappa shape index (κ3) is 7.70. The fourth-order valence-corrected chi connectivity index (χ4v) is 4.15. The topological polar surface area (TPSA) is 75.0 Å². The third-order valence-corrected chi connectivity index (χ3v) is 6.27. The second kappa shape index (κ2) is 12.1. The van der Waals surface area contributed by atoms with E-state index in [1.165, 1.54) is 24.3 Å². The first-order chi connectivity index (χ1) is 17.5. The van der Waals surface area contributed by atoms with Crippen LogP contribution in [0.3, 0.4) is 0 Å². The van der Waals surface area contributed by atoms with E-state index in [2.05, 4.69) is 24.1 Å². The summed E-state index contributed by atoms with van der Waals surface area (Å²) in [7, 11) is 0. The Balaban J connectivity index is 1.89. The van der Waals surface area contributed by atoms with Gasteiger partial charge in [0, 0.05) is 11.3 Å². The summed E-state index contributed by atoms with van der Waals surface area (Å²) < 4.78 is 60.4. The van der Waals surface area contributed by atoms with Crippen LogP contribution in [0.1, 0.15) is 37.0 Å². The highest BCUT2D eigenvalue weighted by Gasteiger charge is 2.36. The van der Waals surface area contributed by atoms with Gasteiger partial charge in [-0.25, -0.2) is 9.37 Å². The lowest BCUT2D eigenvalue weighted by Gasteiger charge is -2.15. The molecule has 0 aliphatic carbocycles. The minimum absolute atomic E-state index is 0.0181. The maximum atomic E-state index is 13.9. The number of benzene rings is 2. The number of rotatable bonds is 9. The summed E-state index contributed by atoms with van der Waals surface area (Å²) >= 11 is 0.718. The maximum Gasteiger partial charge on any atom is 0.417 e. The van der Waals surface area contributed by atoms with Crippen molar-refractivity contribution in [2.45, 2.75) is 38.4 Å². The molecule has 10 heteroatoms. The minimum Gasteiger partial charge on any atom is -0.493 e. The number of halogens is 4. The van der Waals surface area contributed by atoms with Crippen LogP contribution in [-0.2, 0) is 11.0 Å². The molecule has 0 unspecified atom stereocenters. The minimum atomic E-state index is -4.80. The van der Waals surface area contributed by atoms with Gasteiger partial charge in [0.25, 0.3) is 0 Å². The summed E-state index contributed by atoms with van der Waals surface area (Å²) in [5.41, 5.74) is -0.284. The molecule has 0 atom stereocenters. The van der Waals surface area contributed by atoms with Crippen molar-refractivity contribution in [2.24, 2.45) is 5.92 Å². The number of pyridine rings is 1. The van der Waals surface area contributed by atoms with Crippen LogP contribution in [0.4, 0.5) is 23.2 Å². The maximum absolute atomic E-state index is 13.9. The highest BCUT2D eigenvalue weighted by Crippen LogP contribution is 2.38. The molecule has 37 heavy (non-hydrogen) atoms. The zero-order chi connectivity index (χ0) is 27.2. The van der Waals surface area contributed by atoms with Crippen molar-refractivity contribution in [3.05, 3.63) is 71.0 Å². The van der Waals surface area contributed by atoms with Crippen LogP contribution in [0, 0.1) is 30.0 Å². The zero-order valence-electron chi connectivity index (χ0n) is 20.4. The lowest BCUT2D eigenvalue weighted by atomic mass is 10.0. The van der Waals surface area contributed by atoms with Gasteiger partial charge in [0.05, 0.1) is 29.2 Å². The molecule has 0 aliphatic heterocycles. The Hall–Kier alpha value is -3.58. The van der Waals surface area contributed by atoms with E-state index in [1.54, 1.807) is 31.2 Å². The molecule has 1 aromatic heterocycles. The van der Waals surface area contributed by atoms with Crippen LogP contribution in [-0.4, -0.2) is 23.3 Å². The highest BCUT2D eigenvalue weighted by atomic mass is 32.2. The van der Waals surface area contributed by atoms with Crippen molar-refractivity contribution in [1.29, 1.82) is 5.26 Å². The van der Waals surface area contributed by atoms with E-state index in [0.717, 1.165) is 29.8 Å². The summed E-state index contributed by atoms with van der Waals surface area (Å²) in [5, 5.41) is 11.8. The van der Waals surface area contributed by atoms with Gasteiger partial charge in [0.1, 0.15) is 22.7 Å². The average molecular weight is 532 g/mol. The number of carbonyl (C=O) groups excluding carboxylic acids is 1. The number of ether oxygens (including phenoxy) is 1. The Morgan fingerprint density at radius 3 is 2.46 bits per heavy atom. The van der Waals surface area contributed by atoms with E-state index in [4.69, 9.17) is 4.74 Å². The van der Waals surface area contributed by atoms with E-state index in [-0.39, 0.29) is 16.5 Å². The number of hydrogen-bond donors (Lipinski definition) is 1. The number of alkyl halides is 3. The molecule has 3 rings (SSSR count). The van der Waals surface area contributed by atoms with Gasteiger partial charge in [-0.3, -0.25) is 4.79 Å². The lowest BCUT2D eigenvalue weighted by molar-refractivity contribution is -0.138. The van der Waals surface area contributed by atoms with Gasteiger partial charge >= 0.3 is 6.18 Å². The molecule has 0 fully saturated rings. The van der Waals surface area contributed by atoms with Gasteiger partial charge in [-0.2, -0.15) is 18.4 Å². The van der Waals surface area contributed by atoms with E-state index < -0.39 is 29.0 Å². The zero-order valence-corrected chi connectivity index (χ0v) is 21.3. The molecular formula is C27H25F4N3O2S. The number of aromatic nitrogens is 1. The van der Waals surface area contributed by atoms with Crippen LogP contribution in [0.5, 0.6) is 5.75 Å². The van der Waals surface area contributed by atoms with E-state index >= 15 is 0 Å². The van der Waals surface area contributed by atoms with Crippen LogP contribution in [0.15, 0.2) is 53.6 Å². The van der Waals surface area contributed by atoms with E-state index in [0.29, 0.717) is 29.5 Å². The monoisotopic (exact) mass is 531 g/mol. The molecule has 1 heterocycles. The molecule has 1 N–H and O–H groups in total. The van der Waals surface area contributed by atoms with Gasteiger partial charge in [0.15, 0.2) is 0 Å². The molecule has 0 radical (unpaired) electrons. The fourth-order valence-electron chi connectivity index (χ4n) is 3.35. The molecule has 2 aromatic carbocycles. The lowest BCUT2D eigenvalue weighted by Crippen LogP contribution is -2.15. The second-order valence-electron chi connectivity index (χ2n) is 8.70. The highest BCUT2D eigenvalue weighted by molar-refractivity contribution is 8.00. The molecule has 0 saturated heterocycles. The molecule has 1 amide bonds. The summed E-state index contributed by atoms with van der Waals surface area (Å²) in [4.78, 5) is 16.6. The number of nitrogens with zero attached hydrogens (tertiary/aromatic N) is 2. The van der Waals surface area contributed by atoms with Crippen LogP contribution < -0.4 is 10.1 Å². The van der Waals surface area contributed by atoms with E-state index in [1.807, 2.05) is 0 Å². The first kappa shape index (κ1) is 28.0. The van der Waals surface area contributed by atoms with E-state index in [9.17, 15) is 27.6 Å². The predicted molar refractivity (Wildman–Crippen MR) is 135 cm³/mol. The second-order valence-corrected chi connectivity index (χ2v) is 9.66. The van der Waals surface area contributed by atoms with Crippen molar-refractivity contribution < 1.29 is 27.1 Å². The van der Waals surface area contributed by atoms with Crippen molar-refractivity contribution >= 4 is 23.4 Å². The first-order valence-corrected chi connectivity index (χ1v) is 12.4. The standard InChI is InChI=1S/C27H25F4N3O2S/c1-16(2)10-11-36-24-9-4-18(12-17(24)3)23-13-22(27(29,30)31)21(14-32)26(34-23)37-15-25(35)33-20-7-5-19(28)6-8-20/h4-9,12-13,16H,10-11,15H2,1-3H3,(H,33,35). The predicted octanol–water partition coefficient (Wildman–Crippen LogP) is 7.24. The number of aryl methyl sites for hydroxylation is 1. The number of thioether (sulfide) groups is 1. The Bertz CT molecular complexity index is 1300. The van der Waals surface area contributed by atoms with Crippen LogP contribution in [0.2, 0.25) is 0 Å². The smallest absolute Gasteiger partial charge is 0.417 e. The van der Waals surface area contributed by atoms with Crippen molar-refractivity contribution in [1.82, 2.24) is 4.98 Å². The number of carbonyl (C=O) groups is 1. The summed E-state index contributed by atoms with van der Waals surface area (Å²) in [5.74, 6) is -0.225. The SMILES string of the molecule is Cc1cc(-c2cc(C(F)(F)F)c(C#N)c(SCC(=O)Nc3ccc(F)cc3)n2)ccc1OCCC(C)C. The van der Waals surface area contributed by atoms with Crippen LogP contribution in [0.25, 0.3) is 11.3 Å². The molecule has 0 aliphatic rings.